The Morgan fingerprint density at radius 1 is 1.18 bits per heavy atom. The molecule has 4 rings (SSSR count). The molecule has 1 amide bonds. The molecule has 0 spiro atoms. The van der Waals surface area contributed by atoms with Crippen molar-refractivity contribution in [1.29, 1.82) is 0 Å². The zero-order valence-electron chi connectivity index (χ0n) is 19.8. The third kappa shape index (κ3) is 4.42. The van der Waals surface area contributed by atoms with E-state index < -0.39 is 17.7 Å². The number of benzene rings is 1. The Balaban J connectivity index is 1.70. The van der Waals surface area contributed by atoms with Crippen LogP contribution in [0.4, 0.5) is 0 Å². The fourth-order valence-electron chi connectivity index (χ4n) is 4.74. The second kappa shape index (κ2) is 9.43. The average molecular weight is 453 g/mol. The number of rotatable bonds is 8. The number of carbonyl (C=O) groups is 2. The lowest BCUT2D eigenvalue weighted by molar-refractivity contribution is -0.140. The maximum absolute atomic E-state index is 13.1. The van der Waals surface area contributed by atoms with Crippen molar-refractivity contribution in [2.45, 2.75) is 52.7 Å². The van der Waals surface area contributed by atoms with E-state index in [9.17, 15) is 14.7 Å². The van der Waals surface area contributed by atoms with Gasteiger partial charge in [0.1, 0.15) is 35.2 Å². The minimum atomic E-state index is -0.751. The van der Waals surface area contributed by atoms with E-state index in [0.29, 0.717) is 23.6 Å². The van der Waals surface area contributed by atoms with Crippen molar-refractivity contribution >= 4 is 17.4 Å². The Labute approximate surface area is 194 Å². The first-order valence-corrected chi connectivity index (χ1v) is 11.7. The van der Waals surface area contributed by atoms with E-state index in [4.69, 9.17) is 9.15 Å². The van der Waals surface area contributed by atoms with Crippen LogP contribution < -0.4 is 4.74 Å². The van der Waals surface area contributed by atoms with Crippen LogP contribution in [0.25, 0.3) is 5.76 Å². The Morgan fingerprint density at radius 2 is 1.94 bits per heavy atom. The first-order chi connectivity index (χ1) is 15.8. The van der Waals surface area contributed by atoms with E-state index in [1.54, 1.807) is 24.3 Å². The van der Waals surface area contributed by atoms with Gasteiger partial charge in [0.15, 0.2) is 0 Å². The van der Waals surface area contributed by atoms with Gasteiger partial charge in [-0.05, 0) is 75.8 Å². The first-order valence-electron chi connectivity index (χ1n) is 11.7. The number of Topliss-reactive ketones (excluding diaryl/α,β-unsaturated/α-hetero) is 1. The van der Waals surface area contributed by atoms with Gasteiger partial charge in [0.25, 0.3) is 11.7 Å². The molecule has 7 heteroatoms. The van der Waals surface area contributed by atoms with Crippen molar-refractivity contribution in [2.24, 2.45) is 0 Å². The molecule has 1 aromatic heterocycles. The predicted molar refractivity (Wildman–Crippen MR) is 125 cm³/mol. The number of aliphatic hydroxyl groups excluding tert-OH is 1. The predicted octanol–water partition coefficient (Wildman–Crippen LogP) is 4.07. The smallest absolute Gasteiger partial charge is 0.295 e. The molecule has 1 saturated heterocycles. The number of carbonyl (C=O) groups excluding carboxylic acids is 2. The van der Waals surface area contributed by atoms with Gasteiger partial charge < -0.3 is 24.1 Å². The minimum Gasteiger partial charge on any atom is -0.507 e. The molecule has 33 heavy (non-hydrogen) atoms. The Kier molecular flexibility index (Phi) is 6.61. The molecule has 0 radical (unpaired) electrons. The van der Waals surface area contributed by atoms with Gasteiger partial charge in [-0.15, -0.1) is 0 Å². The zero-order valence-corrected chi connectivity index (χ0v) is 19.8. The van der Waals surface area contributed by atoms with Crippen LogP contribution >= 0.6 is 0 Å². The summed E-state index contributed by atoms with van der Waals surface area (Å²) in [6, 6.07) is 8.20. The lowest BCUT2D eigenvalue weighted by atomic mass is 9.97. The number of nitrogens with zero attached hydrogens (tertiary/aromatic N) is 2. The topological polar surface area (TPSA) is 83.2 Å². The third-order valence-corrected chi connectivity index (χ3v) is 6.51. The first kappa shape index (κ1) is 23.1. The SMILES string of the molecule is CCN(CC)CCCN1C(=O)C(=O)/C(=C(/O)c2ccc3c(c2)CC(C)O3)C1c1ccc(C)o1. The van der Waals surface area contributed by atoms with Crippen LogP contribution in [0.3, 0.4) is 0 Å². The summed E-state index contributed by atoms with van der Waals surface area (Å²) < 4.78 is 11.6. The van der Waals surface area contributed by atoms with E-state index in [1.165, 1.54) is 4.90 Å². The normalized spacial score (nSPS) is 21.7. The fourth-order valence-corrected chi connectivity index (χ4v) is 4.74. The van der Waals surface area contributed by atoms with E-state index in [-0.39, 0.29) is 17.4 Å². The summed E-state index contributed by atoms with van der Waals surface area (Å²) in [5, 5.41) is 11.2. The molecule has 2 atom stereocenters. The molecule has 1 aromatic carbocycles. The quantitative estimate of drug-likeness (QED) is 0.369. The van der Waals surface area contributed by atoms with Crippen molar-refractivity contribution in [2.75, 3.05) is 26.2 Å². The number of hydrogen-bond acceptors (Lipinski definition) is 6. The second-order valence-corrected chi connectivity index (χ2v) is 8.78. The van der Waals surface area contributed by atoms with Gasteiger partial charge in [0.2, 0.25) is 0 Å². The van der Waals surface area contributed by atoms with Crippen LogP contribution in [-0.2, 0) is 16.0 Å². The maximum Gasteiger partial charge on any atom is 0.295 e. The molecule has 3 heterocycles. The second-order valence-electron chi connectivity index (χ2n) is 8.78. The molecule has 0 saturated carbocycles. The molecule has 0 bridgehead atoms. The summed E-state index contributed by atoms with van der Waals surface area (Å²) in [6.45, 7) is 11.1. The number of aryl methyl sites for hydroxylation is 1. The number of ether oxygens (including phenoxy) is 1. The summed E-state index contributed by atoms with van der Waals surface area (Å²) in [6.07, 6.45) is 1.52. The van der Waals surface area contributed by atoms with E-state index in [0.717, 1.165) is 43.8 Å². The van der Waals surface area contributed by atoms with Crippen LogP contribution in [0.5, 0.6) is 5.75 Å². The lowest BCUT2D eigenvalue weighted by Crippen LogP contribution is -2.33. The van der Waals surface area contributed by atoms with Gasteiger partial charge in [-0.25, -0.2) is 0 Å². The molecule has 0 aliphatic carbocycles. The number of amides is 1. The van der Waals surface area contributed by atoms with Crippen molar-refractivity contribution in [1.82, 2.24) is 9.80 Å². The van der Waals surface area contributed by atoms with Crippen LogP contribution in [0, 0.1) is 6.92 Å². The molecular weight excluding hydrogens is 420 g/mol. The molecular formula is C26H32N2O5. The molecule has 2 unspecified atom stereocenters. The van der Waals surface area contributed by atoms with Gasteiger partial charge in [-0.3, -0.25) is 9.59 Å². The highest BCUT2D eigenvalue weighted by Crippen LogP contribution is 2.41. The molecule has 1 fully saturated rings. The van der Waals surface area contributed by atoms with E-state index in [2.05, 4.69) is 18.7 Å². The van der Waals surface area contributed by atoms with Crippen LogP contribution in [-0.4, -0.2) is 58.9 Å². The van der Waals surface area contributed by atoms with Crippen molar-refractivity contribution in [3.05, 3.63) is 58.6 Å². The van der Waals surface area contributed by atoms with Gasteiger partial charge in [-0.1, -0.05) is 13.8 Å². The Bertz CT molecular complexity index is 1080. The van der Waals surface area contributed by atoms with Gasteiger partial charge >= 0.3 is 0 Å². The Hall–Kier alpha value is -3.06. The minimum absolute atomic E-state index is 0.0693. The maximum atomic E-state index is 13.1. The van der Waals surface area contributed by atoms with E-state index in [1.807, 2.05) is 19.9 Å². The number of hydrogen-bond donors (Lipinski definition) is 1. The van der Waals surface area contributed by atoms with Crippen molar-refractivity contribution in [3.8, 4) is 5.75 Å². The number of fused-ring (bicyclic) bond motifs is 1. The van der Waals surface area contributed by atoms with Gasteiger partial charge in [-0.2, -0.15) is 0 Å². The third-order valence-electron chi connectivity index (χ3n) is 6.51. The molecule has 1 N–H and O–H groups in total. The standard InChI is InChI=1S/C26H32N2O5/c1-5-27(6-2)12-7-13-28-23(21-10-8-16(3)32-21)22(25(30)26(28)31)24(29)18-9-11-20-19(15-18)14-17(4)33-20/h8-11,15,17,23,29H,5-7,12-14H2,1-4H3/b24-22+. The zero-order chi connectivity index (χ0) is 23.7. The summed E-state index contributed by atoms with van der Waals surface area (Å²) in [5.41, 5.74) is 1.55. The molecule has 2 aliphatic heterocycles. The van der Waals surface area contributed by atoms with Crippen LogP contribution in [0.15, 0.2) is 40.3 Å². The number of ketones is 1. The van der Waals surface area contributed by atoms with E-state index >= 15 is 0 Å². The van der Waals surface area contributed by atoms with Crippen LogP contribution in [0.1, 0.15) is 55.9 Å². The summed E-state index contributed by atoms with van der Waals surface area (Å²) in [5.74, 6) is 0.486. The summed E-state index contributed by atoms with van der Waals surface area (Å²) in [4.78, 5) is 30.0. The number of furan rings is 1. The van der Waals surface area contributed by atoms with Crippen LogP contribution in [0.2, 0.25) is 0 Å². The lowest BCUT2D eigenvalue weighted by Gasteiger charge is -2.25. The highest BCUT2D eigenvalue weighted by atomic mass is 16.5. The van der Waals surface area contributed by atoms with Crippen molar-refractivity contribution < 1.29 is 23.8 Å². The number of aliphatic hydroxyl groups is 1. The monoisotopic (exact) mass is 452 g/mol. The molecule has 7 nitrogen and oxygen atoms in total. The van der Waals surface area contributed by atoms with Gasteiger partial charge in [0, 0.05) is 18.5 Å². The van der Waals surface area contributed by atoms with Gasteiger partial charge in [0.05, 0.1) is 5.57 Å². The van der Waals surface area contributed by atoms with Crippen molar-refractivity contribution in [3.63, 3.8) is 0 Å². The summed E-state index contributed by atoms with van der Waals surface area (Å²) >= 11 is 0. The highest BCUT2D eigenvalue weighted by molar-refractivity contribution is 6.46. The highest BCUT2D eigenvalue weighted by Gasteiger charge is 2.47. The molecule has 2 aromatic rings. The largest absolute Gasteiger partial charge is 0.507 e. The number of likely N-dealkylation sites (tertiary alicyclic amines) is 1. The summed E-state index contributed by atoms with van der Waals surface area (Å²) in [7, 11) is 0. The average Bonchev–Trinajstić information content (AvgIpc) is 3.46. The Morgan fingerprint density at radius 3 is 2.61 bits per heavy atom. The molecule has 176 valence electrons. The fraction of sp³-hybridized carbons (Fsp3) is 0.462. The molecule has 2 aliphatic rings.